The summed E-state index contributed by atoms with van der Waals surface area (Å²) < 4.78 is 33.1. The summed E-state index contributed by atoms with van der Waals surface area (Å²) >= 11 is 0. The molecule has 0 bridgehead atoms. The Morgan fingerprint density at radius 3 is 1.00 bits per heavy atom. The van der Waals surface area contributed by atoms with Gasteiger partial charge in [-0.2, -0.15) is 0 Å². The van der Waals surface area contributed by atoms with E-state index in [2.05, 4.69) is 160 Å². The van der Waals surface area contributed by atoms with Gasteiger partial charge < -0.3 is 20.1 Å². The van der Waals surface area contributed by atoms with E-state index in [1.54, 1.807) is 0 Å². The zero-order valence-corrected chi connectivity index (χ0v) is 49.5. The summed E-state index contributed by atoms with van der Waals surface area (Å²) in [5.41, 5.74) is 5.38. The van der Waals surface area contributed by atoms with E-state index in [1.807, 2.05) is 0 Å². The van der Waals surface area contributed by atoms with Gasteiger partial charge in [-0.15, -0.1) is 0 Å². The van der Waals surface area contributed by atoms with Gasteiger partial charge in [-0.3, -0.25) is 18.6 Å². The minimum Gasteiger partial charge on any atom is -0.462 e. The molecule has 0 fully saturated rings. The van der Waals surface area contributed by atoms with Crippen molar-refractivity contribution in [3.63, 3.8) is 0 Å². The van der Waals surface area contributed by atoms with E-state index < -0.39 is 32.5 Å². The number of phosphoric ester groups is 1. The molecule has 0 aromatic rings. The fourth-order valence-electron chi connectivity index (χ4n) is 7.82. The Balaban J connectivity index is 4.01. The average molecular weight is 1090 g/mol. The number of phosphoric acid groups is 1. The Kier molecular flexibility index (Phi) is 57.8. The van der Waals surface area contributed by atoms with E-state index in [0.717, 1.165) is 135 Å². The molecule has 0 heterocycles. The molecule has 9 nitrogen and oxygen atoms in total. The van der Waals surface area contributed by atoms with Gasteiger partial charge in [0.25, 0.3) is 0 Å². The molecule has 0 spiro atoms. The van der Waals surface area contributed by atoms with Gasteiger partial charge in [0.1, 0.15) is 6.61 Å². The molecule has 0 saturated heterocycles. The van der Waals surface area contributed by atoms with Gasteiger partial charge in [0, 0.05) is 19.4 Å². The molecule has 0 amide bonds. The largest absolute Gasteiger partial charge is 0.472 e. The zero-order valence-electron chi connectivity index (χ0n) is 48.6. The summed E-state index contributed by atoms with van der Waals surface area (Å²) in [7, 11) is -4.40. The van der Waals surface area contributed by atoms with Crippen molar-refractivity contribution in [2.45, 2.75) is 238 Å². The highest BCUT2D eigenvalue weighted by atomic mass is 31.2. The number of carbonyl (C=O) groups is 2. The third kappa shape index (κ3) is 61.0. The number of nitrogens with two attached hydrogens (primary N) is 1. The predicted molar refractivity (Wildman–Crippen MR) is 330 cm³/mol. The molecule has 0 aliphatic heterocycles. The lowest BCUT2D eigenvalue weighted by Crippen LogP contribution is -2.29. The molecule has 77 heavy (non-hydrogen) atoms. The Morgan fingerprint density at radius 2 is 0.675 bits per heavy atom. The first-order valence-corrected chi connectivity index (χ1v) is 31.8. The molecule has 436 valence electrons. The van der Waals surface area contributed by atoms with E-state index in [4.69, 9.17) is 24.3 Å². The van der Waals surface area contributed by atoms with Crippen LogP contribution in [0.25, 0.3) is 0 Å². The Morgan fingerprint density at radius 1 is 0.390 bits per heavy atom. The quantitative estimate of drug-likeness (QED) is 0.0264. The highest BCUT2D eigenvalue weighted by Gasteiger charge is 2.26. The maximum absolute atomic E-state index is 12.7. The van der Waals surface area contributed by atoms with Crippen LogP contribution in [0.2, 0.25) is 0 Å². The fraction of sp³-hybridized carbons (Fsp3) is 0.612. The second-order valence-electron chi connectivity index (χ2n) is 19.5. The first kappa shape index (κ1) is 72.9. The van der Waals surface area contributed by atoms with Gasteiger partial charge in [0.15, 0.2) is 6.10 Å². The Bertz CT molecular complexity index is 1770. The molecular formula is C67H110NO8P. The van der Waals surface area contributed by atoms with Gasteiger partial charge in [-0.05, 0) is 116 Å². The normalized spacial score (nSPS) is 14.1. The van der Waals surface area contributed by atoms with Crippen molar-refractivity contribution in [3.05, 3.63) is 146 Å². The predicted octanol–water partition coefficient (Wildman–Crippen LogP) is 19.5. The second-order valence-corrected chi connectivity index (χ2v) is 20.9. The van der Waals surface area contributed by atoms with Crippen LogP contribution in [0.5, 0.6) is 0 Å². The van der Waals surface area contributed by atoms with Crippen LogP contribution in [0.15, 0.2) is 146 Å². The monoisotopic (exact) mass is 1090 g/mol. The summed E-state index contributed by atoms with van der Waals surface area (Å²) in [5.74, 6) is -0.850. The number of ether oxygens (including phenoxy) is 2. The molecule has 10 heteroatoms. The van der Waals surface area contributed by atoms with Gasteiger partial charge >= 0.3 is 19.8 Å². The maximum Gasteiger partial charge on any atom is 0.472 e. The summed E-state index contributed by atoms with van der Waals surface area (Å²) in [6.07, 6.45) is 87.6. The molecule has 0 aliphatic rings. The summed E-state index contributed by atoms with van der Waals surface area (Å²) in [5, 5.41) is 0. The molecule has 2 atom stereocenters. The molecular weight excluding hydrogens is 978 g/mol. The van der Waals surface area contributed by atoms with Crippen molar-refractivity contribution in [1.82, 2.24) is 0 Å². The van der Waals surface area contributed by atoms with Crippen LogP contribution in [-0.2, 0) is 32.7 Å². The fourth-order valence-corrected chi connectivity index (χ4v) is 8.58. The minimum atomic E-state index is -4.40. The summed E-state index contributed by atoms with van der Waals surface area (Å²) in [6, 6.07) is 0. The molecule has 0 aromatic carbocycles. The number of allylic oxidation sites excluding steroid dienone is 24. The van der Waals surface area contributed by atoms with Crippen LogP contribution in [-0.4, -0.2) is 49.3 Å². The van der Waals surface area contributed by atoms with Gasteiger partial charge in [0.05, 0.1) is 13.2 Å². The second kappa shape index (κ2) is 61.1. The van der Waals surface area contributed by atoms with Crippen LogP contribution in [0, 0.1) is 0 Å². The molecule has 0 radical (unpaired) electrons. The number of carbonyl (C=O) groups excluding carboxylic acids is 2. The molecule has 3 N–H and O–H groups in total. The zero-order chi connectivity index (χ0) is 55.9. The van der Waals surface area contributed by atoms with Crippen molar-refractivity contribution < 1.29 is 37.6 Å². The number of esters is 2. The van der Waals surface area contributed by atoms with Gasteiger partial charge in [-0.1, -0.05) is 250 Å². The van der Waals surface area contributed by atoms with E-state index in [-0.39, 0.29) is 32.6 Å². The van der Waals surface area contributed by atoms with Crippen molar-refractivity contribution >= 4 is 19.8 Å². The van der Waals surface area contributed by atoms with Crippen molar-refractivity contribution in [2.24, 2.45) is 5.73 Å². The number of unbranched alkanes of at least 4 members (excludes halogenated alkanes) is 18. The molecule has 2 unspecified atom stereocenters. The van der Waals surface area contributed by atoms with Crippen molar-refractivity contribution in [1.29, 1.82) is 0 Å². The van der Waals surface area contributed by atoms with Crippen molar-refractivity contribution in [3.8, 4) is 0 Å². The maximum atomic E-state index is 12.7. The topological polar surface area (TPSA) is 134 Å². The van der Waals surface area contributed by atoms with Gasteiger partial charge in [0.2, 0.25) is 0 Å². The third-order valence-electron chi connectivity index (χ3n) is 12.2. The van der Waals surface area contributed by atoms with Crippen LogP contribution in [0.3, 0.4) is 0 Å². The van der Waals surface area contributed by atoms with E-state index in [9.17, 15) is 19.0 Å². The van der Waals surface area contributed by atoms with Crippen molar-refractivity contribution in [2.75, 3.05) is 26.4 Å². The first-order valence-electron chi connectivity index (χ1n) is 30.3. The molecule has 0 aromatic heterocycles. The van der Waals surface area contributed by atoms with E-state index in [1.165, 1.54) is 64.2 Å². The number of hydrogen-bond acceptors (Lipinski definition) is 8. The Hall–Kier alpha value is -4.11. The average Bonchev–Trinajstić information content (AvgIpc) is 3.42. The highest BCUT2D eigenvalue weighted by Crippen LogP contribution is 2.43. The lowest BCUT2D eigenvalue weighted by Gasteiger charge is -2.19. The standard InChI is InChI=1S/C67H110NO8P/c1-3-5-7-9-11-13-15-17-19-21-23-25-26-27-28-29-30-31-32-33-34-35-36-37-38-40-42-44-46-48-50-52-54-56-58-60-67(70)76-65(64-75-77(71,72)74-62-61-68)63-73-66(69)59-57-55-53-51-49-47-45-43-41-39-24-22-20-18-16-14-12-10-8-6-4-2/h5-8,11-14,17-20,23-25,27-28,30-31,33-34,36-37,39,65H,3-4,9-10,15-16,21-22,26,29,32,35,38,40-64,68H2,1-2H3,(H,71,72)/b7-5-,8-6-,13-11-,14-12-,19-17-,20-18-,25-23-,28-27-,31-30-,34-33-,37-36-,39-24-. The van der Waals surface area contributed by atoms with Crippen LogP contribution < -0.4 is 5.73 Å². The molecule has 0 saturated carbocycles. The number of hydrogen-bond donors (Lipinski definition) is 2. The van der Waals surface area contributed by atoms with E-state index >= 15 is 0 Å². The molecule has 0 aliphatic carbocycles. The SMILES string of the molecule is CC/C=C\C/C=C\C/C=C\C/C=C\C/C=C\C/C=C\C/C=C\C/C=C\CCCCCCCCCCCCC(=O)OC(COC(=O)CCCCCCCCCC/C=C\C/C=C\C/C=C\C/C=C\CC)COP(=O)(O)OCCN. The summed E-state index contributed by atoms with van der Waals surface area (Å²) in [6.45, 7) is 3.49. The lowest BCUT2D eigenvalue weighted by molar-refractivity contribution is -0.161. The summed E-state index contributed by atoms with van der Waals surface area (Å²) in [4.78, 5) is 35.2. The Labute approximate surface area is 471 Å². The smallest absolute Gasteiger partial charge is 0.462 e. The minimum absolute atomic E-state index is 0.0441. The lowest BCUT2D eigenvalue weighted by atomic mass is 10.0. The van der Waals surface area contributed by atoms with Crippen LogP contribution in [0.4, 0.5) is 0 Å². The van der Waals surface area contributed by atoms with Crippen LogP contribution >= 0.6 is 7.82 Å². The van der Waals surface area contributed by atoms with Gasteiger partial charge in [-0.25, -0.2) is 4.57 Å². The third-order valence-corrected chi connectivity index (χ3v) is 13.2. The van der Waals surface area contributed by atoms with Crippen LogP contribution in [0.1, 0.15) is 232 Å². The first-order chi connectivity index (χ1) is 37.8. The number of rotatable bonds is 55. The molecule has 0 rings (SSSR count). The van der Waals surface area contributed by atoms with E-state index in [0.29, 0.717) is 6.42 Å². The highest BCUT2D eigenvalue weighted by molar-refractivity contribution is 7.47.